The lowest BCUT2D eigenvalue weighted by Crippen LogP contribution is -2.43. The van der Waals surface area contributed by atoms with Gasteiger partial charge in [0.25, 0.3) is 10.1 Å². The number of carboxylic acid groups (broad SMARTS) is 1. The fourth-order valence-electron chi connectivity index (χ4n) is 6.01. The van der Waals surface area contributed by atoms with E-state index in [9.17, 15) is 27.9 Å². The van der Waals surface area contributed by atoms with Crippen LogP contribution >= 0.6 is 11.8 Å². The van der Waals surface area contributed by atoms with Gasteiger partial charge in [-0.05, 0) is 71.5 Å². The largest absolute Gasteiger partial charge is 0.480 e. The average molecular weight is 711 g/mol. The Morgan fingerprint density at radius 2 is 1.33 bits per heavy atom. The van der Waals surface area contributed by atoms with E-state index in [0.717, 1.165) is 84.3 Å². The van der Waals surface area contributed by atoms with Crippen LogP contribution in [0.25, 0.3) is 11.1 Å². The smallest absolute Gasteiger partial charge is 0.407 e. The lowest BCUT2D eigenvalue weighted by atomic mass is 9.98. The highest BCUT2D eigenvalue weighted by Gasteiger charge is 2.29. The molecule has 264 valence electrons. The summed E-state index contributed by atoms with van der Waals surface area (Å²) < 4.78 is 36.8. The number of unbranched alkanes of at least 4 members (excludes halogenated alkanes) is 8. The summed E-state index contributed by atoms with van der Waals surface area (Å²) in [6, 6.07) is 21.3. The van der Waals surface area contributed by atoms with Gasteiger partial charge in [0.15, 0.2) is 0 Å². The molecule has 1 aliphatic carbocycles. The summed E-state index contributed by atoms with van der Waals surface area (Å²) in [5.74, 6) is -0.565. The first-order valence-corrected chi connectivity index (χ1v) is 19.4. The number of rotatable bonds is 21. The van der Waals surface area contributed by atoms with Crippen LogP contribution in [0.4, 0.5) is 4.79 Å². The Labute approximate surface area is 293 Å². The number of ether oxygens (including phenoxy) is 1. The van der Waals surface area contributed by atoms with Gasteiger partial charge in [0.1, 0.15) is 12.6 Å². The van der Waals surface area contributed by atoms with Crippen molar-refractivity contribution >= 4 is 39.8 Å². The molecule has 0 aromatic heterocycles. The number of benzene rings is 3. The Bertz CT molecular complexity index is 1600. The number of fused-ring (bicyclic) bond motifs is 3. The molecule has 3 aromatic rings. The van der Waals surface area contributed by atoms with Crippen LogP contribution in [0, 0.1) is 0 Å². The third-order valence-corrected chi connectivity index (χ3v) is 10.6. The number of carbonyl (C=O) groups is 3. The molecule has 0 aliphatic heterocycles. The molecule has 0 radical (unpaired) electrons. The quantitative estimate of drug-likeness (QED) is 0.0501. The fraction of sp³-hybridized carbons (Fsp3) is 0.432. The van der Waals surface area contributed by atoms with Crippen LogP contribution in [0.3, 0.4) is 0 Å². The van der Waals surface area contributed by atoms with Gasteiger partial charge in [0, 0.05) is 23.8 Å². The normalized spacial score (nSPS) is 12.9. The van der Waals surface area contributed by atoms with Crippen LogP contribution in [-0.2, 0) is 24.4 Å². The molecule has 0 saturated heterocycles. The number of hydrogen-bond acceptors (Lipinski definition) is 7. The topological polar surface area (TPSA) is 159 Å². The Hall–Kier alpha value is -3.87. The van der Waals surface area contributed by atoms with E-state index in [1.54, 1.807) is 23.9 Å². The van der Waals surface area contributed by atoms with Crippen molar-refractivity contribution in [2.75, 3.05) is 18.9 Å². The fourth-order valence-corrected chi connectivity index (χ4v) is 7.41. The van der Waals surface area contributed by atoms with Gasteiger partial charge in [0.2, 0.25) is 5.91 Å². The maximum Gasteiger partial charge on any atom is 0.407 e. The second kappa shape index (κ2) is 19.4. The maximum atomic E-state index is 12.4. The van der Waals surface area contributed by atoms with Crippen molar-refractivity contribution in [3.8, 4) is 11.1 Å². The lowest BCUT2D eigenvalue weighted by Gasteiger charge is -2.16. The molecule has 1 atom stereocenters. The predicted octanol–water partition coefficient (Wildman–Crippen LogP) is 7.42. The van der Waals surface area contributed by atoms with Gasteiger partial charge in [-0.25, -0.2) is 9.59 Å². The van der Waals surface area contributed by atoms with Crippen LogP contribution in [0.2, 0.25) is 0 Å². The summed E-state index contributed by atoms with van der Waals surface area (Å²) in [5, 5.41) is 14.8. The lowest BCUT2D eigenvalue weighted by molar-refractivity contribution is -0.142. The second-order valence-corrected chi connectivity index (χ2v) is 14.8. The summed E-state index contributed by atoms with van der Waals surface area (Å²) in [6.45, 7) is 0.224. The van der Waals surface area contributed by atoms with Crippen molar-refractivity contribution in [2.45, 2.75) is 92.4 Å². The number of hydrogen-bond donors (Lipinski definition) is 4. The molecule has 10 nitrogen and oxygen atoms in total. The number of amides is 2. The highest BCUT2D eigenvalue weighted by Crippen LogP contribution is 2.44. The molecule has 0 bridgehead atoms. The van der Waals surface area contributed by atoms with E-state index in [-0.39, 0.29) is 42.7 Å². The van der Waals surface area contributed by atoms with Gasteiger partial charge >= 0.3 is 12.1 Å². The maximum absolute atomic E-state index is 12.4. The standard InChI is InChI=1S/C37H46N2O8S2/c40-35(18-8-6-4-2-1-3-5-7-13-25-48-27-19-21-28(22-20-27)49(44,45)46)39-34(36(41)42)23-24-38-37(43)47-26-33-31-16-11-9-14-29(31)30-15-10-12-17-32(30)33/h9-12,14-17,19-22,33-34H,1-8,13,18,23-26H2,(H,38,43)(H,39,40)(H,41,42)(H,44,45,46). The van der Waals surface area contributed by atoms with Gasteiger partial charge in [-0.1, -0.05) is 93.5 Å². The van der Waals surface area contributed by atoms with Crippen molar-refractivity contribution in [2.24, 2.45) is 0 Å². The van der Waals surface area contributed by atoms with E-state index in [0.29, 0.717) is 6.42 Å². The van der Waals surface area contributed by atoms with E-state index >= 15 is 0 Å². The van der Waals surface area contributed by atoms with E-state index in [1.807, 2.05) is 36.4 Å². The molecule has 1 unspecified atom stereocenters. The Kier molecular flexibility index (Phi) is 15.0. The van der Waals surface area contributed by atoms with Crippen molar-refractivity contribution in [1.82, 2.24) is 10.6 Å². The molecule has 0 heterocycles. The first-order chi connectivity index (χ1) is 23.6. The van der Waals surface area contributed by atoms with Crippen molar-refractivity contribution in [3.63, 3.8) is 0 Å². The zero-order valence-corrected chi connectivity index (χ0v) is 29.3. The number of aliphatic carboxylic acids is 1. The molecule has 4 rings (SSSR count). The summed E-state index contributed by atoms with van der Waals surface area (Å²) in [5.41, 5.74) is 4.49. The monoisotopic (exact) mass is 710 g/mol. The van der Waals surface area contributed by atoms with Gasteiger partial charge in [-0.15, -0.1) is 11.8 Å². The second-order valence-electron chi connectivity index (χ2n) is 12.2. The van der Waals surface area contributed by atoms with Gasteiger partial charge in [-0.3, -0.25) is 9.35 Å². The molecule has 12 heteroatoms. The molecule has 0 fully saturated rings. The predicted molar refractivity (Wildman–Crippen MR) is 190 cm³/mol. The molecule has 0 saturated carbocycles. The first kappa shape index (κ1) is 37.9. The molecule has 1 aliphatic rings. The zero-order valence-electron chi connectivity index (χ0n) is 27.6. The van der Waals surface area contributed by atoms with Crippen LogP contribution in [0.15, 0.2) is 82.6 Å². The van der Waals surface area contributed by atoms with Gasteiger partial charge < -0.3 is 20.5 Å². The van der Waals surface area contributed by atoms with Gasteiger partial charge in [-0.2, -0.15) is 8.42 Å². The number of nitrogens with one attached hydrogen (secondary N) is 2. The first-order valence-electron chi connectivity index (χ1n) is 16.9. The highest BCUT2D eigenvalue weighted by molar-refractivity contribution is 7.99. The SMILES string of the molecule is O=C(CCCCCCCCCCCSc1ccc(S(=O)(=O)O)cc1)NC(CCNC(=O)OCC1c2ccccc2-c2ccccc21)C(=O)O. The molecular formula is C37H46N2O8S2. The van der Waals surface area contributed by atoms with Crippen LogP contribution in [0.1, 0.15) is 87.7 Å². The third-order valence-electron chi connectivity index (χ3n) is 8.62. The van der Waals surface area contributed by atoms with Crippen molar-refractivity contribution in [3.05, 3.63) is 83.9 Å². The highest BCUT2D eigenvalue weighted by atomic mass is 32.2. The summed E-state index contributed by atoms with van der Waals surface area (Å²) in [7, 11) is -4.16. The van der Waals surface area contributed by atoms with E-state index in [4.69, 9.17) is 9.29 Å². The minimum absolute atomic E-state index is 0.0497. The number of alkyl carbamates (subject to hydrolysis) is 1. The Morgan fingerprint density at radius 1 is 0.776 bits per heavy atom. The number of carboxylic acids is 1. The van der Waals surface area contributed by atoms with Gasteiger partial charge in [0.05, 0.1) is 4.90 Å². The number of thioether (sulfide) groups is 1. The average Bonchev–Trinajstić information content (AvgIpc) is 3.40. The Morgan fingerprint density at radius 3 is 1.90 bits per heavy atom. The minimum atomic E-state index is -4.16. The van der Waals surface area contributed by atoms with Crippen LogP contribution < -0.4 is 10.6 Å². The summed E-state index contributed by atoms with van der Waals surface area (Å²) in [4.78, 5) is 37.4. The van der Waals surface area contributed by atoms with Crippen LogP contribution in [0.5, 0.6) is 0 Å². The molecule has 3 aromatic carbocycles. The Balaban J connectivity index is 0.998. The van der Waals surface area contributed by atoms with Crippen LogP contribution in [-0.4, -0.2) is 61.0 Å². The molecule has 49 heavy (non-hydrogen) atoms. The minimum Gasteiger partial charge on any atom is -0.480 e. The van der Waals surface area contributed by atoms with E-state index in [2.05, 4.69) is 22.8 Å². The summed E-state index contributed by atoms with van der Waals surface area (Å²) in [6.07, 6.45) is 9.04. The number of carbonyl (C=O) groups excluding carboxylic acids is 2. The molecular weight excluding hydrogens is 665 g/mol. The van der Waals surface area contributed by atoms with E-state index in [1.165, 1.54) is 12.1 Å². The molecule has 0 spiro atoms. The van der Waals surface area contributed by atoms with E-state index < -0.39 is 28.2 Å². The summed E-state index contributed by atoms with van der Waals surface area (Å²) >= 11 is 1.67. The zero-order chi connectivity index (χ0) is 35.1. The van der Waals surface area contributed by atoms with Crippen molar-refractivity contribution < 1.29 is 37.2 Å². The van der Waals surface area contributed by atoms with Crippen molar-refractivity contribution in [1.29, 1.82) is 0 Å². The molecule has 4 N–H and O–H groups in total. The molecule has 2 amide bonds. The third kappa shape index (κ3) is 12.2.